The van der Waals surface area contributed by atoms with E-state index < -0.39 is 5.97 Å². The number of nitrogens with zero attached hydrogens (tertiary/aromatic N) is 2. The van der Waals surface area contributed by atoms with E-state index in [2.05, 4.69) is 4.98 Å². The van der Waals surface area contributed by atoms with Crippen molar-refractivity contribution in [2.24, 2.45) is 0 Å². The first-order valence-electron chi connectivity index (χ1n) is 5.53. The number of carboxylic acids is 1. The Labute approximate surface area is 115 Å². The first-order chi connectivity index (χ1) is 8.93. The Balaban J connectivity index is 2.77. The zero-order valence-electron chi connectivity index (χ0n) is 10.8. The number of ether oxygens (including phenoxy) is 1. The molecule has 0 amide bonds. The van der Waals surface area contributed by atoms with Crippen molar-refractivity contribution in [1.82, 2.24) is 4.98 Å². The topological polar surface area (TPSA) is 62.7 Å². The largest absolute Gasteiger partial charge is 0.495 e. The molecule has 0 saturated carbocycles. The summed E-state index contributed by atoms with van der Waals surface area (Å²) in [6, 6.07) is 4.91. The monoisotopic (exact) mass is 280 g/mol. The lowest BCUT2D eigenvalue weighted by Gasteiger charge is -2.15. The fraction of sp³-hybridized carbons (Fsp3) is 0.231. The molecule has 6 heteroatoms. The Morgan fingerprint density at radius 3 is 2.58 bits per heavy atom. The maximum absolute atomic E-state index is 11.3. The van der Waals surface area contributed by atoms with E-state index in [4.69, 9.17) is 16.3 Å². The molecule has 1 aromatic carbocycles. The summed E-state index contributed by atoms with van der Waals surface area (Å²) < 4.78 is 5.11. The molecule has 0 bridgehead atoms. The van der Waals surface area contributed by atoms with Gasteiger partial charge < -0.3 is 14.7 Å². The van der Waals surface area contributed by atoms with Crippen LogP contribution >= 0.6 is 11.6 Å². The van der Waals surface area contributed by atoms with Gasteiger partial charge in [0.25, 0.3) is 0 Å². The standard InChI is InChI=1S/C13H13ClN2O3/c1-16(2)12-8(13(17)18)4-7-5-11(19-3)9(14)6-10(7)15-12/h4-6H,1-3H3,(H,17,18). The summed E-state index contributed by atoms with van der Waals surface area (Å²) in [7, 11) is 4.99. The van der Waals surface area contributed by atoms with Gasteiger partial charge in [-0.1, -0.05) is 11.6 Å². The van der Waals surface area contributed by atoms with Crippen LogP contribution in [0.2, 0.25) is 5.02 Å². The third-order valence-corrected chi connectivity index (χ3v) is 3.02. The van der Waals surface area contributed by atoms with E-state index in [0.29, 0.717) is 27.5 Å². The zero-order valence-corrected chi connectivity index (χ0v) is 11.5. The number of carboxylic acid groups (broad SMARTS) is 1. The molecule has 0 atom stereocenters. The zero-order chi connectivity index (χ0) is 14.2. The smallest absolute Gasteiger partial charge is 0.339 e. The predicted octanol–water partition coefficient (Wildman–Crippen LogP) is 2.66. The summed E-state index contributed by atoms with van der Waals surface area (Å²) in [6.45, 7) is 0. The van der Waals surface area contributed by atoms with Crippen LogP contribution in [0.25, 0.3) is 10.9 Å². The number of methoxy groups -OCH3 is 1. The average Bonchev–Trinajstić information content (AvgIpc) is 2.36. The molecule has 0 radical (unpaired) electrons. The van der Waals surface area contributed by atoms with E-state index >= 15 is 0 Å². The van der Waals surface area contributed by atoms with Crippen LogP contribution in [0.5, 0.6) is 5.75 Å². The third-order valence-electron chi connectivity index (χ3n) is 2.72. The second kappa shape index (κ2) is 4.93. The quantitative estimate of drug-likeness (QED) is 0.936. The minimum atomic E-state index is -1.02. The Morgan fingerprint density at radius 1 is 1.37 bits per heavy atom. The van der Waals surface area contributed by atoms with Crippen LogP contribution in [0.3, 0.4) is 0 Å². The fourth-order valence-corrected chi connectivity index (χ4v) is 2.06. The van der Waals surface area contributed by atoms with Crippen molar-refractivity contribution in [2.75, 3.05) is 26.1 Å². The summed E-state index contributed by atoms with van der Waals surface area (Å²) in [5.74, 6) is -0.141. The Bertz CT molecular complexity index is 656. The van der Waals surface area contributed by atoms with Crippen molar-refractivity contribution in [3.63, 3.8) is 0 Å². The third kappa shape index (κ3) is 2.42. The number of halogens is 1. The van der Waals surface area contributed by atoms with Gasteiger partial charge in [0.15, 0.2) is 0 Å². The molecule has 0 aliphatic carbocycles. The van der Waals surface area contributed by atoms with Gasteiger partial charge in [-0.05, 0) is 18.2 Å². The molecule has 0 aliphatic heterocycles. The molecule has 0 unspecified atom stereocenters. The number of pyridine rings is 1. The number of hydrogen-bond acceptors (Lipinski definition) is 4. The second-order valence-electron chi connectivity index (χ2n) is 4.24. The maximum Gasteiger partial charge on any atom is 0.339 e. The van der Waals surface area contributed by atoms with Crippen LogP contribution in [0.15, 0.2) is 18.2 Å². The molecule has 100 valence electrons. The van der Waals surface area contributed by atoms with Crippen molar-refractivity contribution in [2.45, 2.75) is 0 Å². The number of fused-ring (bicyclic) bond motifs is 1. The van der Waals surface area contributed by atoms with Crippen LogP contribution in [-0.4, -0.2) is 37.3 Å². The molecule has 1 heterocycles. The average molecular weight is 281 g/mol. The van der Waals surface area contributed by atoms with E-state index in [1.54, 1.807) is 37.2 Å². The first kappa shape index (κ1) is 13.4. The van der Waals surface area contributed by atoms with Crippen molar-refractivity contribution in [3.05, 3.63) is 28.8 Å². The van der Waals surface area contributed by atoms with Crippen LogP contribution in [0.1, 0.15) is 10.4 Å². The van der Waals surface area contributed by atoms with E-state index in [1.165, 1.54) is 7.11 Å². The highest BCUT2D eigenvalue weighted by molar-refractivity contribution is 6.32. The molecule has 1 N–H and O–H groups in total. The number of rotatable bonds is 3. The molecular weight excluding hydrogens is 268 g/mol. The van der Waals surface area contributed by atoms with Crippen LogP contribution < -0.4 is 9.64 Å². The van der Waals surface area contributed by atoms with Crippen molar-refractivity contribution in [3.8, 4) is 5.75 Å². The Hall–Kier alpha value is -2.01. The van der Waals surface area contributed by atoms with Gasteiger partial charge in [0.1, 0.15) is 17.1 Å². The second-order valence-corrected chi connectivity index (χ2v) is 4.65. The van der Waals surface area contributed by atoms with Crippen LogP contribution in [0.4, 0.5) is 5.82 Å². The van der Waals surface area contributed by atoms with Gasteiger partial charge in [-0.15, -0.1) is 0 Å². The number of hydrogen-bond donors (Lipinski definition) is 1. The van der Waals surface area contributed by atoms with Gasteiger partial charge >= 0.3 is 5.97 Å². The van der Waals surface area contributed by atoms with E-state index in [-0.39, 0.29) is 5.56 Å². The summed E-state index contributed by atoms with van der Waals surface area (Å²) >= 11 is 6.04. The normalized spacial score (nSPS) is 10.5. The summed E-state index contributed by atoms with van der Waals surface area (Å²) in [5, 5.41) is 10.3. The number of anilines is 1. The summed E-state index contributed by atoms with van der Waals surface area (Å²) in [4.78, 5) is 17.3. The van der Waals surface area contributed by atoms with Gasteiger partial charge in [0.2, 0.25) is 0 Å². The van der Waals surface area contributed by atoms with Gasteiger partial charge in [-0.25, -0.2) is 9.78 Å². The van der Waals surface area contributed by atoms with E-state index in [0.717, 1.165) is 0 Å². The fourth-order valence-electron chi connectivity index (χ4n) is 1.82. The molecule has 2 aromatic rings. The van der Waals surface area contributed by atoms with Crippen molar-refractivity contribution >= 4 is 34.3 Å². The van der Waals surface area contributed by atoms with Gasteiger partial charge in [-0.2, -0.15) is 0 Å². The van der Waals surface area contributed by atoms with Gasteiger partial charge in [-0.3, -0.25) is 0 Å². The number of benzene rings is 1. The molecule has 0 fully saturated rings. The van der Waals surface area contributed by atoms with Crippen molar-refractivity contribution in [1.29, 1.82) is 0 Å². The van der Waals surface area contributed by atoms with Crippen LogP contribution in [0, 0.1) is 0 Å². The molecule has 19 heavy (non-hydrogen) atoms. The number of carbonyl (C=O) groups is 1. The summed E-state index contributed by atoms with van der Waals surface area (Å²) in [6.07, 6.45) is 0. The van der Waals surface area contributed by atoms with Gasteiger partial charge in [0.05, 0.1) is 17.6 Å². The highest BCUT2D eigenvalue weighted by atomic mass is 35.5. The molecule has 5 nitrogen and oxygen atoms in total. The first-order valence-corrected chi connectivity index (χ1v) is 5.90. The highest BCUT2D eigenvalue weighted by Gasteiger charge is 2.16. The Morgan fingerprint density at radius 2 is 2.05 bits per heavy atom. The highest BCUT2D eigenvalue weighted by Crippen LogP contribution is 2.31. The molecule has 0 aliphatic rings. The predicted molar refractivity (Wildman–Crippen MR) is 74.6 cm³/mol. The maximum atomic E-state index is 11.3. The minimum Gasteiger partial charge on any atom is -0.495 e. The molecule has 2 rings (SSSR count). The number of aromatic nitrogens is 1. The molecular formula is C13H13ClN2O3. The van der Waals surface area contributed by atoms with Crippen molar-refractivity contribution < 1.29 is 14.6 Å². The molecule has 0 saturated heterocycles. The van der Waals surface area contributed by atoms with Gasteiger partial charge in [0, 0.05) is 19.5 Å². The lowest BCUT2D eigenvalue weighted by Crippen LogP contribution is -2.15. The van der Waals surface area contributed by atoms with E-state index in [9.17, 15) is 9.90 Å². The SMILES string of the molecule is COc1cc2cc(C(=O)O)c(N(C)C)nc2cc1Cl. The summed E-state index contributed by atoms with van der Waals surface area (Å²) in [5.41, 5.74) is 0.765. The molecule has 1 aromatic heterocycles. The minimum absolute atomic E-state index is 0.141. The number of aromatic carboxylic acids is 1. The van der Waals surface area contributed by atoms with E-state index in [1.807, 2.05) is 0 Å². The molecule has 0 spiro atoms. The Kier molecular flexibility index (Phi) is 3.48. The lowest BCUT2D eigenvalue weighted by atomic mass is 10.1. The van der Waals surface area contributed by atoms with Crippen LogP contribution in [-0.2, 0) is 0 Å². The lowest BCUT2D eigenvalue weighted by molar-refractivity contribution is 0.0697.